The quantitative estimate of drug-likeness (QED) is 0.199. The largest absolute Gasteiger partial charge is 0.416 e. The number of alkyl halides is 5. The highest BCUT2D eigenvalue weighted by Gasteiger charge is 2.60. The van der Waals surface area contributed by atoms with Gasteiger partial charge >= 0.3 is 6.18 Å². The van der Waals surface area contributed by atoms with Crippen LogP contribution in [0.4, 0.5) is 26.3 Å². The number of carbonyl (C=O) groups excluding carboxylic acids is 1. The van der Waals surface area contributed by atoms with Crippen LogP contribution in [-0.4, -0.2) is 23.9 Å². The van der Waals surface area contributed by atoms with E-state index in [4.69, 9.17) is 16.3 Å². The lowest BCUT2D eigenvalue weighted by Crippen LogP contribution is -2.61. The number of amides is 1. The second-order valence-electron chi connectivity index (χ2n) is 9.75. The van der Waals surface area contributed by atoms with Crippen LogP contribution < -0.4 is 5.32 Å². The highest BCUT2D eigenvalue weighted by Crippen LogP contribution is 2.44. The maximum atomic E-state index is 15.5. The molecule has 0 saturated carbocycles. The average molecular weight is 607 g/mol. The fraction of sp³-hybridized carbons (Fsp3) is 0.226. The predicted octanol–water partition coefficient (Wildman–Crippen LogP) is 7.69. The molecule has 4 aromatic rings. The van der Waals surface area contributed by atoms with E-state index >= 15 is 8.78 Å². The van der Waals surface area contributed by atoms with Crippen LogP contribution in [0, 0.1) is 5.82 Å². The Hall–Kier alpha value is -3.89. The molecule has 0 fully saturated rings. The van der Waals surface area contributed by atoms with Gasteiger partial charge in [0.25, 0.3) is 11.8 Å². The Morgan fingerprint density at radius 1 is 0.857 bits per heavy atom. The number of nitrogens with zero attached hydrogens (tertiary/aromatic N) is 1. The van der Waals surface area contributed by atoms with E-state index < -0.39 is 40.5 Å². The van der Waals surface area contributed by atoms with E-state index in [2.05, 4.69) is 10.3 Å². The minimum absolute atomic E-state index is 0.0830. The molecular formula is C31H25ClF6N2O2. The Morgan fingerprint density at radius 2 is 1.45 bits per heavy atom. The number of methoxy groups -OCH3 is 1. The van der Waals surface area contributed by atoms with Gasteiger partial charge in [0, 0.05) is 26.7 Å². The summed E-state index contributed by atoms with van der Waals surface area (Å²) in [5.74, 6) is -6.51. The molecule has 0 aliphatic heterocycles. The lowest BCUT2D eigenvalue weighted by Gasteiger charge is -2.42. The number of carbonyl (C=O) groups is 1. The van der Waals surface area contributed by atoms with Gasteiger partial charge in [0.1, 0.15) is 11.4 Å². The second kappa shape index (κ2) is 11.8. The van der Waals surface area contributed by atoms with E-state index in [9.17, 15) is 22.4 Å². The molecule has 4 rings (SSSR count). The smallest absolute Gasteiger partial charge is 0.359 e. The normalized spacial score (nSPS) is 15.0. The van der Waals surface area contributed by atoms with Crippen LogP contribution in [0.5, 0.6) is 0 Å². The lowest BCUT2D eigenvalue weighted by molar-refractivity contribution is -0.201. The molecule has 0 unspecified atom stereocenters. The zero-order valence-corrected chi connectivity index (χ0v) is 23.1. The molecule has 0 bridgehead atoms. The zero-order chi connectivity index (χ0) is 30.8. The summed E-state index contributed by atoms with van der Waals surface area (Å²) in [5, 5.41) is 2.71. The van der Waals surface area contributed by atoms with Gasteiger partial charge in [0.15, 0.2) is 0 Å². The number of ether oxygens (including phenoxy) is 1. The van der Waals surface area contributed by atoms with Crippen LogP contribution in [0.25, 0.3) is 0 Å². The monoisotopic (exact) mass is 606 g/mol. The number of benzene rings is 3. The topological polar surface area (TPSA) is 51.2 Å². The summed E-state index contributed by atoms with van der Waals surface area (Å²) in [6.45, 7) is 0.492. The number of hydrogen-bond donors (Lipinski definition) is 1. The summed E-state index contributed by atoms with van der Waals surface area (Å²) in [5.41, 5.74) is -6.62. The third kappa shape index (κ3) is 6.00. The van der Waals surface area contributed by atoms with Gasteiger partial charge in [-0.15, -0.1) is 0 Å². The Labute approximate surface area is 243 Å². The van der Waals surface area contributed by atoms with Crippen LogP contribution in [0.15, 0.2) is 97.2 Å². The molecule has 0 saturated heterocycles. The molecule has 220 valence electrons. The van der Waals surface area contributed by atoms with E-state index in [0.717, 1.165) is 13.2 Å². The maximum Gasteiger partial charge on any atom is 0.416 e. The van der Waals surface area contributed by atoms with Crippen molar-refractivity contribution >= 4 is 17.5 Å². The van der Waals surface area contributed by atoms with Crippen molar-refractivity contribution in [3.63, 3.8) is 0 Å². The molecular weight excluding hydrogens is 582 g/mol. The zero-order valence-electron chi connectivity index (χ0n) is 22.4. The van der Waals surface area contributed by atoms with Crippen molar-refractivity contribution in [1.82, 2.24) is 10.3 Å². The Balaban J connectivity index is 2.06. The molecule has 42 heavy (non-hydrogen) atoms. The molecule has 4 nitrogen and oxygen atoms in total. The van der Waals surface area contributed by atoms with Crippen molar-refractivity contribution in [2.24, 2.45) is 0 Å². The molecule has 1 N–H and O–H groups in total. The summed E-state index contributed by atoms with van der Waals surface area (Å²) in [4.78, 5) is 18.5. The standard InChI is InChI=1S/C31H25ClF6N2O2/c1-28(34,35)30(42-2,21-11-7-4-8-12-21)27(41)40-29(18-20-9-5-3-6-10-20,26-14-13-24(32)19-39-26)22-15-23(31(36,37)38)17-25(33)16-22/h3-17,19H,18H2,1-2H3,(H,40,41)/t29-,30-/m0/s1. The van der Waals surface area contributed by atoms with Crippen LogP contribution in [-0.2, 0) is 33.3 Å². The molecule has 1 heterocycles. The predicted molar refractivity (Wildman–Crippen MR) is 145 cm³/mol. The molecule has 3 aromatic carbocycles. The van der Waals surface area contributed by atoms with Crippen LogP contribution in [0.1, 0.15) is 34.9 Å². The molecule has 11 heteroatoms. The summed E-state index contributed by atoms with van der Waals surface area (Å²) < 4.78 is 92.9. The van der Waals surface area contributed by atoms with E-state index in [1.165, 1.54) is 42.6 Å². The van der Waals surface area contributed by atoms with Crippen molar-refractivity contribution in [2.75, 3.05) is 7.11 Å². The highest BCUT2D eigenvalue weighted by molar-refractivity contribution is 6.30. The fourth-order valence-electron chi connectivity index (χ4n) is 4.98. The van der Waals surface area contributed by atoms with E-state index in [0.29, 0.717) is 24.6 Å². The van der Waals surface area contributed by atoms with E-state index in [-0.39, 0.29) is 28.3 Å². The minimum Gasteiger partial charge on any atom is -0.359 e. The van der Waals surface area contributed by atoms with Gasteiger partial charge in [-0.1, -0.05) is 72.3 Å². The number of rotatable bonds is 9. The second-order valence-corrected chi connectivity index (χ2v) is 10.2. The van der Waals surface area contributed by atoms with Crippen LogP contribution in [0.2, 0.25) is 5.02 Å². The van der Waals surface area contributed by atoms with Gasteiger partial charge in [-0.05, 0) is 47.0 Å². The summed E-state index contributed by atoms with van der Waals surface area (Å²) >= 11 is 6.04. The molecule has 1 amide bonds. The van der Waals surface area contributed by atoms with Gasteiger partial charge in [-0.25, -0.2) is 13.2 Å². The third-order valence-electron chi connectivity index (χ3n) is 6.95. The third-order valence-corrected chi connectivity index (χ3v) is 7.17. The van der Waals surface area contributed by atoms with Crippen LogP contribution >= 0.6 is 11.6 Å². The lowest BCUT2D eigenvalue weighted by atomic mass is 9.78. The Morgan fingerprint density at radius 3 is 1.98 bits per heavy atom. The van der Waals surface area contributed by atoms with Crippen molar-refractivity contribution in [2.45, 2.75) is 36.6 Å². The first kappa shape index (κ1) is 31.1. The molecule has 0 aliphatic rings. The molecule has 0 spiro atoms. The molecule has 0 aliphatic carbocycles. The summed E-state index contributed by atoms with van der Waals surface area (Å²) in [7, 11) is 0.924. The first-order valence-corrected chi connectivity index (χ1v) is 13.0. The minimum atomic E-state index is -4.97. The fourth-order valence-corrected chi connectivity index (χ4v) is 5.09. The molecule has 1 aromatic heterocycles. The van der Waals surface area contributed by atoms with Crippen molar-refractivity contribution in [3.05, 3.63) is 136 Å². The highest BCUT2D eigenvalue weighted by atomic mass is 35.5. The number of halogens is 7. The summed E-state index contributed by atoms with van der Waals surface area (Å²) in [6.07, 6.45) is -4.09. The van der Waals surface area contributed by atoms with Crippen LogP contribution in [0.3, 0.4) is 0 Å². The Kier molecular flexibility index (Phi) is 8.71. The SMILES string of the molecule is CO[C@](C(=O)N[C@@](Cc1ccccc1)(c1cc(F)cc(C(F)(F)F)c1)c1ccc(Cl)cn1)(c1ccccc1)C(C)(F)F. The number of nitrogens with one attached hydrogen (secondary N) is 1. The first-order valence-electron chi connectivity index (χ1n) is 12.6. The molecule has 2 atom stereocenters. The van der Waals surface area contributed by atoms with Crippen molar-refractivity contribution in [1.29, 1.82) is 0 Å². The van der Waals surface area contributed by atoms with Gasteiger partial charge in [-0.3, -0.25) is 9.78 Å². The Bertz CT molecular complexity index is 1530. The van der Waals surface area contributed by atoms with Crippen molar-refractivity contribution in [3.8, 4) is 0 Å². The van der Waals surface area contributed by atoms with Crippen molar-refractivity contribution < 1.29 is 35.9 Å². The van der Waals surface area contributed by atoms with Gasteiger partial charge < -0.3 is 10.1 Å². The first-order chi connectivity index (χ1) is 19.7. The van der Waals surface area contributed by atoms with E-state index in [1.807, 2.05) is 0 Å². The van der Waals surface area contributed by atoms with Gasteiger partial charge in [0.2, 0.25) is 5.60 Å². The number of hydrogen-bond acceptors (Lipinski definition) is 3. The number of aromatic nitrogens is 1. The van der Waals surface area contributed by atoms with Gasteiger partial charge in [0.05, 0.1) is 16.3 Å². The van der Waals surface area contributed by atoms with E-state index in [1.54, 1.807) is 36.4 Å². The average Bonchev–Trinajstić information content (AvgIpc) is 2.93. The maximum absolute atomic E-state index is 15.5. The summed E-state index contributed by atoms with van der Waals surface area (Å²) in [6, 6.07) is 19.6. The number of pyridine rings is 1. The molecule has 0 radical (unpaired) electrons. The van der Waals surface area contributed by atoms with Gasteiger partial charge in [-0.2, -0.15) is 13.2 Å².